The van der Waals surface area contributed by atoms with Crippen LogP contribution in [0.4, 0.5) is 0 Å². The highest BCUT2D eigenvalue weighted by Crippen LogP contribution is 2.25. The molecule has 3 N–H and O–H groups in total. The van der Waals surface area contributed by atoms with Gasteiger partial charge in [0.05, 0.1) is 17.0 Å². The van der Waals surface area contributed by atoms with E-state index >= 15 is 0 Å². The van der Waals surface area contributed by atoms with Gasteiger partial charge < -0.3 is 15.4 Å². The van der Waals surface area contributed by atoms with Crippen LogP contribution >= 0.6 is 22.9 Å². The first-order valence-corrected chi connectivity index (χ1v) is 10.4. The largest absolute Gasteiger partial charge is 0.378 e. The average Bonchev–Trinajstić information content (AvgIpc) is 3.01. The number of piperidine rings is 1. The third kappa shape index (κ3) is 5.68. The van der Waals surface area contributed by atoms with Gasteiger partial charge in [-0.25, -0.2) is 13.1 Å². The Morgan fingerprint density at radius 3 is 2.71 bits per heavy atom. The number of thiophene rings is 1. The normalized spacial score (nSPS) is 16.5. The average molecular weight is 396 g/mol. The lowest BCUT2D eigenvalue weighted by Crippen LogP contribution is -2.45. The first kappa shape index (κ1) is 19.6. The number of amides is 1. The fraction of sp³-hybridized carbons (Fsp3) is 0.643. The number of hydrogen-bond donors (Lipinski definition) is 2. The molecule has 0 saturated carbocycles. The van der Waals surface area contributed by atoms with E-state index in [-0.39, 0.29) is 22.8 Å². The maximum absolute atomic E-state index is 12.2. The van der Waals surface area contributed by atoms with Crippen LogP contribution in [0.5, 0.6) is 0 Å². The van der Waals surface area contributed by atoms with Crippen molar-refractivity contribution in [2.45, 2.75) is 29.6 Å². The number of carbonyl (C=O) groups excluding carboxylic acids is 1. The molecule has 0 aliphatic carbocycles. The van der Waals surface area contributed by atoms with E-state index in [9.17, 15) is 13.2 Å². The number of sulfonamides is 1. The van der Waals surface area contributed by atoms with Crippen molar-refractivity contribution in [3.05, 3.63) is 16.5 Å². The van der Waals surface area contributed by atoms with Gasteiger partial charge in [-0.15, -0.1) is 11.3 Å². The van der Waals surface area contributed by atoms with E-state index in [0.29, 0.717) is 30.6 Å². The van der Waals surface area contributed by atoms with E-state index in [0.717, 1.165) is 30.6 Å². The number of ether oxygens (including phenoxy) is 1. The second-order valence-electron chi connectivity index (χ2n) is 5.48. The molecule has 1 aromatic rings. The molecular formula is C14H22ClN3O4S2. The van der Waals surface area contributed by atoms with Crippen molar-refractivity contribution < 1.29 is 17.9 Å². The number of halogens is 1. The van der Waals surface area contributed by atoms with Crippen LogP contribution in [-0.4, -0.2) is 58.1 Å². The zero-order chi connectivity index (χ0) is 17.6. The monoisotopic (exact) mass is 395 g/mol. The van der Waals surface area contributed by atoms with Gasteiger partial charge in [0.1, 0.15) is 4.21 Å². The second kappa shape index (κ2) is 9.12. The molecule has 0 bridgehead atoms. The van der Waals surface area contributed by atoms with Crippen molar-refractivity contribution in [3.8, 4) is 0 Å². The van der Waals surface area contributed by atoms with E-state index in [1.165, 1.54) is 12.1 Å². The van der Waals surface area contributed by atoms with Crippen molar-refractivity contribution in [3.63, 3.8) is 0 Å². The summed E-state index contributed by atoms with van der Waals surface area (Å²) in [5.74, 6) is -0.235. The summed E-state index contributed by atoms with van der Waals surface area (Å²) in [4.78, 5) is 13.8. The highest BCUT2D eigenvalue weighted by Gasteiger charge is 2.25. The molecule has 0 spiro atoms. The Morgan fingerprint density at radius 1 is 1.42 bits per heavy atom. The molecule has 136 valence electrons. The molecule has 0 aromatic carbocycles. The van der Waals surface area contributed by atoms with Crippen molar-refractivity contribution >= 4 is 38.9 Å². The van der Waals surface area contributed by atoms with E-state index in [1.54, 1.807) is 4.90 Å². The topological polar surface area (TPSA) is 102 Å². The van der Waals surface area contributed by atoms with Gasteiger partial charge in [0.2, 0.25) is 5.91 Å². The molecule has 1 amide bonds. The number of nitrogens with two attached hydrogens (primary N) is 1. The predicted octanol–water partition coefficient (Wildman–Crippen LogP) is 1.04. The summed E-state index contributed by atoms with van der Waals surface area (Å²) in [6.07, 6.45) is 2.48. The molecule has 1 fully saturated rings. The van der Waals surface area contributed by atoms with Crippen molar-refractivity contribution in [2.24, 2.45) is 5.73 Å². The molecule has 0 atom stereocenters. The first-order valence-electron chi connectivity index (χ1n) is 7.77. The molecule has 0 unspecified atom stereocenters. The van der Waals surface area contributed by atoms with Crippen LogP contribution in [0.3, 0.4) is 0 Å². The summed E-state index contributed by atoms with van der Waals surface area (Å²) in [5, 5.41) is 0. The Labute approximate surface area is 151 Å². The predicted molar refractivity (Wildman–Crippen MR) is 93.7 cm³/mol. The minimum Gasteiger partial charge on any atom is -0.378 e. The lowest BCUT2D eigenvalue weighted by atomic mass is 10.1. The number of rotatable bonds is 8. The van der Waals surface area contributed by atoms with Crippen LogP contribution in [0.25, 0.3) is 0 Å². The second-order valence-corrected chi connectivity index (χ2v) is 9.19. The maximum atomic E-state index is 12.2. The summed E-state index contributed by atoms with van der Waals surface area (Å²) in [7, 11) is -3.70. The highest BCUT2D eigenvalue weighted by molar-refractivity contribution is 7.91. The summed E-state index contributed by atoms with van der Waals surface area (Å²) in [5.41, 5.74) is 5.42. The number of carbonyl (C=O) groups is 1. The third-order valence-corrected chi connectivity index (χ3v) is 6.85. The van der Waals surface area contributed by atoms with Gasteiger partial charge in [0.25, 0.3) is 10.0 Å². The van der Waals surface area contributed by atoms with E-state index in [4.69, 9.17) is 22.1 Å². The third-order valence-electron chi connectivity index (χ3n) is 3.72. The molecule has 0 radical (unpaired) electrons. The summed E-state index contributed by atoms with van der Waals surface area (Å²) in [6.45, 7) is 2.12. The van der Waals surface area contributed by atoms with Crippen LogP contribution < -0.4 is 10.5 Å². The van der Waals surface area contributed by atoms with E-state index < -0.39 is 10.0 Å². The molecule has 7 nitrogen and oxygen atoms in total. The van der Waals surface area contributed by atoms with Crippen LogP contribution in [0.15, 0.2) is 16.3 Å². The van der Waals surface area contributed by atoms with E-state index in [1.807, 2.05) is 0 Å². The number of likely N-dealkylation sites (tertiary alicyclic amines) is 1. The Morgan fingerprint density at radius 2 is 2.12 bits per heavy atom. The molecule has 2 heterocycles. The smallest absolute Gasteiger partial charge is 0.250 e. The Kier molecular flexibility index (Phi) is 7.45. The molecule has 1 aromatic heterocycles. The minimum atomic E-state index is -3.70. The van der Waals surface area contributed by atoms with Gasteiger partial charge in [0, 0.05) is 19.7 Å². The summed E-state index contributed by atoms with van der Waals surface area (Å²) >= 11 is 6.70. The maximum Gasteiger partial charge on any atom is 0.250 e. The molecule has 1 aliphatic heterocycles. The highest BCUT2D eigenvalue weighted by atomic mass is 35.5. The number of hydrogen-bond acceptors (Lipinski definition) is 6. The van der Waals surface area contributed by atoms with Crippen LogP contribution in [0.1, 0.15) is 19.3 Å². The quantitative estimate of drug-likeness (QED) is 0.640. The van der Waals surface area contributed by atoms with E-state index in [2.05, 4.69) is 4.72 Å². The fourth-order valence-corrected chi connectivity index (χ4v) is 4.89. The lowest BCUT2D eigenvalue weighted by molar-refractivity contribution is -0.132. The van der Waals surface area contributed by atoms with Crippen LogP contribution in [-0.2, 0) is 19.6 Å². The molecule has 10 heteroatoms. The van der Waals surface area contributed by atoms with Gasteiger partial charge in [-0.3, -0.25) is 4.79 Å². The molecule has 2 rings (SSSR count). The van der Waals surface area contributed by atoms with Crippen molar-refractivity contribution in [1.29, 1.82) is 0 Å². The summed E-state index contributed by atoms with van der Waals surface area (Å²) in [6, 6.07) is 2.93. The SMILES string of the molecule is NCCCOC1CCN(C(=O)CNS(=O)(=O)c2ccc(Cl)s2)CC1. The van der Waals surface area contributed by atoms with Gasteiger partial charge in [-0.05, 0) is 37.9 Å². The van der Waals surface area contributed by atoms with Crippen molar-refractivity contribution in [1.82, 2.24) is 9.62 Å². The molecule has 1 saturated heterocycles. The van der Waals surface area contributed by atoms with Crippen LogP contribution in [0, 0.1) is 0 Å². The zero-order valence-electron chi connectivity index (χ0n) is 13.2. The number of nitrogens with one attached hydrogen (secondary N) is 1. The van der Waals surface area contributed by atoms with Gasteiger partial charge in [-0.2, -0.15) is 0 Å². The Bertz CT molecular complexity index is 642. The zero-order valence-corrected chi connectivity index (χ0v) is 15.6. The minimum absolute atomic E-state index is 0.104. The van der Waals surface area contributed by atoms with Crippen LogP contribution in [0.2, 0.25) is 4.34 Å². The number of nitrogens with zero attached hydrogens (tertiary/aromatic N) is 1. The van der Waals surface area contributed by atoms with Gasteiger partial charge in [0.15, 0.2) is 0 Å². The molecule has 24 heavy (non-hydrogen) atoms. The molecular weight excluding hydrogens is 374 g/mol. The van der Waals surface area contributed by atoms with Gasteiger partial charge >= 0.3 is 0 Å². The molecule has 1 aliphatic rings. The standard InChI is InChI=1S/C14H22ClN3O4S2/c15-12-2-3-14(23-12)24(20,21)17-10-13(19)18-7-4-11(5-8-18)22-9-1-6-16/h2-3,11,17H,1,4-10,16H2. The fourth-order valence-electron chi connectivity index (χ4n) is 2.39. The van der Waals surface area contributed by atoms with Crippen molar-refractivity contribution in [2.75, 3.05) is 32.8 Å². The Hall–Kier alpha value is -0.710. The first-order chi connectivity index (χ1) is 11.4. The Balaban J connectivity index is 1.76. The lowest BCUT2D eigenvalue weighted by Gasteiger charge is -2.32. The van der Waals surface area contributed by atoms with Gasteiger partial charge in [-0.1, -0.05) is 11.6 Å². The summed E-state index contributed by atoms with van der Waals surface area (Å²) < 4.78 is 32.6.